The molecule has 40 heavy (non-hydrogen) atoms. The van der Waals surface area contributed by atoms with Crippen LogP contribution in [0, 0.1) is 16.0 Å². The van der Waals surface area contributed by atoms with Gasteiger partial charge in [-0.2, -0.15) is 4.57 Å². The summed E-state index contributed by atoms with van der Waals surface area (Å²) in [5.74, 6) is -1.74. The monoisotopic (exact) mass is 537 g/mol. The molecule has 0 amide bonds. The number of carbonyl (C=O) groups excluding carboxylic acids is 2. The standard InChI is InChI=1S/C29H20N4O7/c1-31-26-23(27(35)32(2)29(31)37)21(22-24(30-26)19-5-3-4-6-20(19)25(22)34)15-9-13-18(14-10-15)40-28(36)16-7-11-17(12-8-16)33(38)39/h3-14,21-22H,1-2H3/p+1. The number of nitrogens with zero attached hydrogens (tertiary/aromatic N) is 3. The van der Waals surface area contributed by atoms with Gasteiger partial charge in [0.15, 0.2) is 5.78 Å². The van der Waals surface area contributed by atoms with E-state index in [1.165, 1.54) is 35.9 Å². The highest BCUT2D eigenvalue weighted by Crippen LogP contribution is 2.42. The van der Waals surface area contributed by atoms with Gasteiger partial charge in [-0.1, -0.05) is 36.4 Å². The van der Waals surface area contributed by atoms with Crippen molar-refractivity contribution >= 4 is 29.0 Å². The van der Waals surface area contributed by atoms with Crippen LogP contribution in [0.1, 0.15) is 43.3 Å². The SMILES string of the molecule is Cn1c2c(c(=O)n(C)c1=O)C(c1ccc(OC(=O)c3ccc([N+](=O)[O-])cc3)cc1)C1C(=O)c3ccccc3C1=[NH+]2. The van der Waals surface area contributed by atoms with E-state index >= 15 is 0 Å². The highest BCUT2D eigenvalue weighted by molar-refractivity contribution is 6.27. The first-order valence-corrected chi connectivity index (χ1v) is 12.3. The lowest BCUT2D eigenvalue weighted by Crippen LogP contribution is -2.74. The third kappa shape index (κ3) is 3.70. The number of Topliss-reactive ketones (excluding diaryl/α,β-unsaturated/α-hetero) is 1. The van der Waals surface area contributed by atoms with Crippen molar-refractivity contribution < 1.29 is 24.2 Å². The Labute approximate surface area is 225 Å². The molecule has 198 valence electrons. The molecule has 1 N–H and O–H groups in total. The molecule has 2 unspecified atom stereocenters. The summed E-state index contributed by atoms with van der Waals surface area (Å²) in [7, 11) is 2.96. The highest BCUT2D eigenvalue weighted by atomic mass is 16.6. The largest absolute Gasteiger partial charge is 0.423 e. The van der Waals surface area contributed by atoms with E-state index in [1.54, 1.807) is 43.4 Å². The van der Waals surface area contributed by atoms with Crippen molar-refractivity contribution in [3.8, 4) is 5.75 Å². The molecule has 0 spiro atoms. The maximum atomic E-state index is 13.7. The molecule has 2 atom stereocenters. The molecule has 2 heterocycles. The minimum absolute atomic E-state index is 0.139. The molecule has 11 heteroatoms. The van der Waals surface area contributed by atoms with Gasteiger partial charge in [-0.05, 0) is 29.8 Å². The molecule has 2 aliphatic rings. The van der Waals surface area contributed by atoms with Crippen molar-refractivity contribution in [2.45, 2.75) is 5.92 Å². The van der Waals surface area contributed by atoms with E-state index in [0.717, 1.165) is 10.1 Å². The van der Waals surface area contributed by atoms with Crippen LogP contribution in [-0.2, 0) is 14.1 Å². The van der Waals surface area contributed by atoms with Gasteiger partial charge in [-0.25, -0.2) is 19.1 Å². The van der Waals surface area contributed by atoms with Crippen LogP contribution in [0.4, 0.5) is 11.5 Å². The maximum Gasteiger partial charge on any atom is 0.417 e. The van der Waals surface area contributed by atoms with Crippen LogP contribution >= 0.6 is 0 Å². The fraction of sp³-hybridized carbons (Fsp3) is 0.138. The number of nitrogens with one attached hydrogen (secondary N) is 1. The van der Waals surface area contributed by atoms with Crippen molar-refractivity contribution in [3.63, 3.8) is 0 Å². The summed E-state index contributed by atoms with van der Waals surface area (Å²) in [6.45, 7) is 0. The Kier molecular flexibility index (Phi) is 5.65. The van der Waals surface area contributed by atoms with Crippen molar-refractivity contribution in [3.05, 3.63) is 132 Å². The Balaban J connectivity index is 1.41. The number of hydrogen-bond donors (Lipinski definition) is 1. The maximum absolute atomic E-state index is 13.7. The molecule has 6 rings (SSSR count). The lowest BCUT2D eigenvalue weighted by atomic mass is 9.76. The van der Waals surface area contributed by atoms with E-state index in [9.17, 15) is 29.3 Å². The Morgan fingerprint density at radius 3 is 2.17 bits per heavy atom. The van der Waals surface area contributed by atoms with Gasteiger partial charge in [-0.3, -0.25) is 19.7 Å². The minimum atomic E-state index is -0.719. The molecule has 11 nitrogen and oxygen atoms in total. The molecule has 0 radical (unpaired) electrons. The number of benzene rings is 3. The second-order valence-electron chi connectivity index (χ2n) is 9.63. The summed E-state index contributed by atoms with van der Waals surface area (Å²) in [6.07, 6.45) is 0. The molecule has 0 fully saturated rings. The summed E-state index contributed by atoms with van der Waals surface area (Å²) in [6, 6.07) is 18.7. The summed E-state index contributed by atoms with van der Waals surface area (Å²) >= 11 is 0. The third-order valence-corrected chi connectivity index (χ3v) is 7.44. The zero-order valence-electron chi connectivity index (χ0n) is 21.3. The predicted molar refractivity (Wildman–Crippen MR) is 142 cm³/mol. The van der Waals surface area contributed by atoms with Crippen LogP contribution in [0.3, 0.4) is 0 Å². The van der Waals surface area contributed by atoms with Gasteiger partial charge < -0.3 is 4.74 Å². The van der Waals surface area contributed by atoms with Crippen LogP contribution in [-0.4, -0.2) is 31.5 Å². The fourth-order valence-electron chi connectivity index (χ4n) is 5.45. The number of rotatable bonds is 4. The van der Waals surface area contributed by atoms with Gasteiger partial charge in [0.2, 0.25) is 0 Å². The Hall–Kier alpha value is -5.45. The Morgan fingerprint density at radius 2 is 1.52 bits per heavy atom. The second kappa shape index (κ2) is 9.09. The average Bonchev–Trinajstić information content (AvgIpc) is 3.26. The molecule has 1 aliphatic carbocycles. The number of aromatic nitrogens is 2. The van der Waals surface area contributed by atoms with Gasteiger partial charge >= 0.3 is 11.7 Å². The van der Waals surface area contributed by atoms with Gasteiger partial charge in [0.1, 0.15) is 17.0 Å². The molecule has 0 saturated heterocycles. The molecule has 3 aromatic carbocycles. The third-order valence-electron chi connectivity index (χ3n) is 7.44. The smallest absolute Gasteiger partial charge is 0.417 e. The number of fused-ring (bicyclic) bond motifs is 4. The van der Waals surface area contributed by atoms with E-state index in [0.29, 0.717) is 22.7 Å². The van der Waals surface area contributed by atoms with Crippen molar-refractivity contribution in [2.24, 2.45) is 20.0 Å². The number of esters is 1. The van der Waals surface area contributed by atoms with E-state index in [2.05, 4.69) is 4.99 Å². The lowest BCUT2D eigenvalue weighted by Gasteiger charge is -2.26. The van der Waals surface area contributed by atoms with Gasteiger partial charge in [0, 0.05) is 36.2 Å². The zero-order valence-corrected chi connectivity index (χ0v) is 21.3. The molecular formula is C29H21N4O7+. The van der Waals surface area contributed by atoms with Crippen LogP contribution in [0.5, 0.6) is 5.75 Å². The fourth-order valence-corrected chi connectivity index (χ4v) is 5.45. The number of carbonyl (C=O) groups is 2. The summed E-state index contributed by atoms with van der Waals surface area (Å²) < 4.78 is 7.82. The van der Waals surface area contributed by atoms with Crippen LogP contribution < -0.4 is 21.0 Å². The molecule has 1 aliphatic heterocycles. The van der Waals surface area contributed by atoms with E-state index in [-0.39, 0.29) is 28.3 Å². The van der Waals surface area contributed by atoms with E-state index < -0.39 is 34.0 Å². The Morgan fingerprint density at radius 1 is 0.875 bits per heavy atom. The molecular weight excluding hydrogens is 516 g/mol. The average molecular weight is 538 g/mol. The minimum Gasteiger partial charge on any atom is -0.423 e. The highest BCUT2D eigenvalue weighted by Gasteiger charge is 2.50. The quantitative estimate of drug-likeness (QED) is 0.179. The van der Waals surface area contributed by atoms with Crippen LogP contribution in [0.2, 0.25) is 0 Å². The number of hydrogen-bond acceptors (Lipinski definition) is 7. The second-order valence-corrected chi connectivity index (χ2v) is 9.63. The number of non-ortho nitro benzene ring substituents is 1. The first-order chi connectivity index (χ1) is 19.2. The first-order valence-electron chi connectivity index (χ1n) is 12.3. The van der Waals surface area contributed by atoms with Crippen LogP contribution in [0.25, 0.3) is 0 Å². The Bertz CT molecular complexity index is 1900. The summed E-state index contributed by atoms with van der Waals surface area (Å²) in [5, 5.41) is 10.9. The van der Waals surface area contributed by atoms with Crippen molar-refractivity contribution in [2.75, 3.05) is 0 Å². The normalized spacial score (nSPS) is 16.9. The first kappa shape index (κ1) is 24.9. The summed E-state index contributed by atoms with van der Waals surface area (Å²) in [5.41, 5.74) is 1.76. The van der Waals surface area contributed by atoms with E-state index in [4.69, 9.17) is 4.74 Å². The van der Waals surface area contributed by atoms with Crippen molar-refractivity contribution in [1.29, 1.82) is 0 Å². The summed E-state index contributed by atoms with van der Waals surface area (Å²) in [4.78, 5) is 66.0. The van der Waals surface area contributed by atoms with Gasteiger partial charge in [-0.15, -0.1) is 0 Å². The van der Waals surface area contributed by atoms with Gasteiger partial charge in [0.05, 0.1) is 23.5 Å². The molecule has 4 aromatic rings. The topological polar surface area (TPSA) is 144 Å². The lowest BCUT2D eigenvalue weighted by molar-refractivity contribution is -0.384. The molecule has 0 saturated carbocycles. The number of nitro groups is 1. The van der Waals surface area contributed by atoms with Crippen LogP contribution in [0.15, 0.2) is 82.4 Å². The zero-order chi connectivity index (χ0) is 28.3. The number of nitro benzene ring substituents is 1. The molecule has 1 aromatic heterocycles. The predicted octanol–water partition coefficient (Wildman–Crippen LogP) is 1.37. The number of ether oxygens (including phenoxy) is 1. The number of ketones is 1. The van der Waals surface area contributed by atoms with Crippen molar-refractivity contribution in [1.82, 2.24) is 9.13 Å². The van der Waals surface area contributed by atoms with E-state index in [1.807, 2.05) is 12.1 Å². The molecule has 0 bridgehead atoms. The van der Waals surface area contributed by atoms with Gasteiger partial charge in [0.25, 0.3) is 17.1 Å².